The zero-order valence-corrected chi connectivity index (χ0v) is 15.8. The average molecular weight is 362 g/mol. The van der Waals surface area contributed by atoms with Gasteiger partial charge in [0.1, 0.15) is 5.75 Å². The van der Waals surface area contributed by atoms with Crippen LogP contribution < -0.4 is 10.1 Å². The highest BCUT2D eigenvalue weighted by Gasteiger charge is 2.26. The number of rotatable bonds is 3. The van der Waals surface area contributed by atoms with E-state index in [1.54, 1.807) is 7.11 Å². The number of hydrogen-bond donors (Lipinski definition) is 1. The lowest BCUT2D eigenvalue weighted by Crippen LogP contribution is -2.31. The molecule has 4 heteroatoms. The highest BCUT2D eigenvalue weighted by atomic mass is 35.5. The molecular weight excluding hydrogens is 341 g/mol. The molecule has 1 heterocycles. The molecule has 0 aromatic heterocycles. The lowest BCUT2D eigenvalue weighted by Gasteiger charge is -2.33. The van der Waals surface area contributed by atoms with Crippen LogP contribution in [0.25, 0.3) is 16.7 Å². The second-order valence-electron chi connectivity index (χ2n) is 6.67. The van der Waals surface area contributed by atoms with Gasteiger partial charge in [0.2, 0.25) is 0 Å². The third-order valence-electron chi connectivity index (χ3n) is 4.33. The van der Waals surface area contributed by atoms with Gasteiger partial charge in [-0.15, -0.1) is 11.6 Å². The standard InChI is InChI=1S/C20H21Cl2NO/c1-12-10-20(2,3)23-17-8-7-14(16(11-21)19(12)17)15-6-5-13(22)9-18(15)24-4/h5-10,23H,11H2,1-4H3. The van der Waals surface area contributed by atoms with Gasteiger partial charge in [-0.2, -0.15) is 0 Å². The molecule has 24 heavy (non-hydrogen) atoms. The van der Waals surface area contributed by atoms with E-state index in [0.717, 1.165) is 28.1 Å². The lowest BCUT2D eigenvalue weighted by molar-refractivity contribution is 0.416. The van der Waals surface area contributed by atoms with Gasteiger partial charge < -0.3 is 10.1 Å². The van der Waals surface area contributed by atoms with Crippen LogP contribution in [0.1, 0.15) is 31.9 Å². The van der Waals surface area contributed by atoms with Gasteiger partial charge >= 0.3 is 0 Å². The first-order valence-electron chi connectivity index (χ1n) is 7.90. The van der Waals surface area contributed by atoms with Crippen LogP contribution in [0, 0.1) is 0 Å². The second kappa shape index (κ2) is 6.34. The Morgan fingerprint density at radius 2 is 1.83 bits per heavy atom. The first-order valence-corrected chi connectivity index (χ1v) is 8.81. The number of anilines is 1. The molecule has 2 aromatic carbocycles. The number of fused-ring (bicyclic) bond motifs is 1. The molecular formula is C20H21Cl2NO. The van der Waals surface area contributed by atoms with Crippen LogP contribution in [0.4, 0.5) is 5.69 Å². The summed E-state index contributed by atoms with van der Waals surface area (Å²) in [6, 6.07) is 9.91. The van der Waals surface area contributed by atoms with E-state index in [1.807, 2.05) is 18.2 Å². The molecule has 0 amide bonds. The van der Waals surface area contributed by atoms with Crippen LogP contribution in [0.5, 0.6) is 5.75 Å². The van der Waals surface area contributed by atoms with Crippen molar-refractivity contribution in [2.75, 3.05) is 12.4 Å². The number of methoxy groups -OCH3 is 1. The van der Waals surface area contributed by atoms with Gasteiger partial charge in [0.15, 0.2) is 0 Å². The van der Waals surface area contributed by atoms with Crippen molar-refractivity contribution in [2.24, 2.45) is 0 Å². The van der Waals surface area contributed by atoms with Crippen LogP contribution in [0.3, 0.4) is 0 Å². The summed E-state index contributed by atoms with van der Waals surface area (Å²) < 4.78 is 5.53. The maximum atomic E-state index is 6.36. The minimum atomic E-state index is -0.0693. The predicted octanol–water partition coefficient (Wildman–Crippen LogP) is 6.36. The molecule has 0 unspecified atom stereocenters. The Morgan fingerprint density at radius 1 is 1.12 bits per heavy atom. The minimum absolute atomic E-state index is 0.0693. The molecule has 2 nitrogen and oxygen atoms in total. The predicted molar refractivity (Wildman–Crippen MR) is 104 cm³/mol. The third-order valence-corrected chi connectivity index (χ3v) is 4.83. The fourth-order valence-electron chi connectivity index (χ4n) is 3.48. The SMILES string of the molecule is COc1cc(Cl)ccc1-c1ccc2c(c1CCl)C(C)=CC(C)(C)N2. The van der Waals surface area contributed by atoms with Crippen molar-refractivity contribution < 1.29 is 4.74 Å². The maximum Gasteiger partial charge on any atom is 0.128 e. The third kappa shape index (κ3) is 3.01. The topological polar surface area (TPSA) is 21.3 Å². The highest BCUT2D eigenvalue weighted by molar-refractivity contribution is 6.30. The summed E-state index contributed by atoms with van der Waals surface area (Å²) in [7, 11) is 1.66. The summed E-state index contributed by atoms with van der Waals surface area (Å²) in [5.41, 5.74) is 6.64. The molecule has 0 aliphatic carbocycles. The van der Waals surface area contributed by atoms with Gasteiger partial charge in [0.25, 0.3) is 0 Å². The maximum absolute atomic E-state index is 6.36. The van der Waals surface area contributed by atoms with Crippen LogP contribution in [0.2, 0.25) is 5.02 Å². The molecule has 2 aromatic rings. The molecule has 0 atom stereocenters. The van der Waals surface area contributed by atoms with Gasteiger partial charge in [-0.3, -0.25) is 0 Å². The van der Waals surface area contributed by atoms with E-state index in [4.69, 9.17) is 27.9 Å². The Hall–Kier alpha value is -1.64. The van der Waals surface area contributed by atoms with Crippen LogP contribution in [-0.2, 0) is 5.88 Å². The number of alkyl halides is 1. The average Bonchev–Trinajstić information content (AvgIpc) is 2.52. The van der Waals surface area contributed by atoms with Crippen molar-refractivity contribution in [1.29, 1.82) is 0 Å². The zero-order valence-electron chi connectivity index (χ0n) is 14.3. The van der Waals surface area contributed by atoms with Crippen molar-refractivity contribution in [1.82, 2.24) is 0 Å². The Kier molecular flexibility index (Phi) is 4.54. The molecule has 3 rings (SSSR count). The Balaban J connectivity index is 2.24. The first kappa shape index (κ1) is 17.2. The van der Waals surface area contributed by atoms with Gasteiger partial charge in [-0.25, -0.2) is 0 Å². The molecule has 0 spiro atoms. The molecule has 1 aliphatic rings. The smallest absolute Gasteiger partial charge is 0.128 e. The van der Waals surface area contributed by atoms with Crippen molar-refractivity contribution in [2.45, 2.75) is 32.2 Å². The largest absolute Gasteiger partial charge is 0.496 e. The van der Waals surface area contributed by atoms with Crippen molar-refractivity contribution in [3.05, 3.63) is 52.6 Å². The van der Waals surface area contributed by atoms with Gasteiger partial charge in [-0.05, 0) is 61.7 Å². The van der Waals surface area contributed by atoms with Crippen LogP contribution in [0.15, 0.2) is 36.4 Å². The normalized spacial score (nSPS) is 15.3. The Labute approximate surface area is 153 Å². The number of benzene rings is 2. The van der Waals surface area contributed by atoms with Gasteiger partial charge in [0.05, 0.1) is 12.6 Å². The molecule has 1 N–H and O–H groups in total. The summed E-state index contributed by atoms with van der Waals surface area (Å²) in [5, 5.41) is 4.22. The summed E-state index contributed by atoms with van der Waals surface area (Å²) in [4.78, 5) is 0. The number of allylic oxidation sites excluding steroid dienone is 1. The van der Waals surface area contributed by atoms with Gasteiger partial charge in [0, 0.05) is 27.7 Å². The number of ether oxygens (including phenoxy) is 1. The van der Waals surface area contributed by atoms with E-state index in [9.17, 15) is 0 Å². The van der Waals surface area contributed by atoms with E-state index in [2.05, 4.69) is 44.3 Å². The second-order valence-corrected chi connectivity index (χ2v) is 7.37. The summed E-state index contributed by atoms with van der Waals surface area (Å²) in [6.45, 7) is 6.46. The fraction of sp³-hybridized carbons (Fsp3) is 0.300. The molecule has 0 bridgehead atoms. The molecule has 0 fully saturated rings. The quantitative estimate of drug-likeness (QED) is 0.641. The van der Waals surface area contributed by atoms with E-state index in [1.165, 1.54) is 11.1 Å². The fourth-order valence-corrected chi connectivity index (χ4v) is 3.92. The first-order chi connectivity index (χ1) is 11.4. The molecule has 0 radical (unpaired) electrons. The zero-order chi connectivity index (χ0) is 17.5. The molecule has 0 saturated carbocycles. The summed E-state index contributed by atoms with van der Waals surface area (Å²) in [5.74, 6) is 1.18. The van der Waals surface area contributed by atoms with Gasteiger partial charge in [-0.1, -0.05) is 23.7 Å². The Bertz CT molecular complexity index is 825. The minimum Gasteiger partial charge on any atom is -0.496 e. The molecule has 1 aliphatic heterocycles. The number of nitrogens with one attached hydrogen (secondary N) is 1. The van der Waals surface area contributed by atoms with Crippen LogP contribution in [-0.4, -0.2) is 12.6 Å². The lowest BCUT2D eigenvalue weighted by atomic mass is 9.85. The van der Waals surface area contributed by atoms with E-state index >= 15 is 0 Å². The van der Waals surface area contributed by atoms with Crippen molar-refractivity contribution >= 4 is 34.5 Å². The number of hydrogen-bond acceptors (Lipinski definition) is 2. The van der Waals surface area contributed by atoms with E-state index in [0.29, 0.717) is 10.9 Å². The highest BCUT2D eigenvalue weighted by Crippen LogP contribution is 2.43. The van der Waals surface area contributed by atoms with E-state index in [-0.39, 0.29) is 5.54 Å². The molecule has 0 saturated heterocycles. The van der Waals surface area contributed by atoms with Crippen molar-refractivity contribution in [3.8, 4) is 16.9 Å². The van der Waals surface area contributed by atoms with Crippen molar-refractivity contribution in [3.63, 3.8) is 0 Å². The monoisotopic (exact) mass is 361 g/mol. The summed E-state index contributed by atoms with van der Waals surface area (Å²) >= 11 is 12.5. The van der Waals surface area contributed by atoms with E-state index < -0.39 is 0 Å². The van der Waals surface area contributed by atoms with Crippen LogP contribution >= 0.6 is 23.2 Å². The Morgan fingerprint density at radius 3 is 2.50 bits per heavy atom. The summed E-state index contributed by atoms with van der Waals surface area (Å²) in [6.07, 6.45) is 2.24. The number of halogens is 2. The molecule has 126 valence electrons.